The van der Waals surface area contributed by atoms with E-state index in [-0.39, 0.29) is 5.91 Å². The van der Waals surface area contributed by atoms with Crippen LogP contribution in [0.1, 0.15) is 61.1 Å². The van der Waals surface area contributed by atoms with E-state index in [9.17, 15) is 4.79 Å². The monoisotopic (exact) mass is 368 g/mol. The Labute approximate surface area is 163 Å². The van der Waals surface area contributed by atoms with Gasteiger partial charge in [-0.3, -0.25) is 9.78 Å². The minimum Gasteiger partial charge on any atom is -0.384 e. The Morgan fingerprint density at radius 2 is 1.70 bits per heavy atom. The van der Waals surface area contributed by atoms with Crippen LogP contribution < -0.4 is 10.6 Å². The Morgan fingerprint density at radius 1 is 1.07 bits per heavy atom. The van der Waals surface area contributed by atoms with Gasteiger partial charge in [0, 0.05) is 30.7 Å². The number of nitrogens with one attached hydrogen (secondary N) is 2. The van der Waals surface area contributed by atoms with Crippen LogP contribution in [0.4, 0.5) is 11.4 Å². The highest BCUT2D eigenvalue weighted by atomic mass is 16.1. The Bertz CT molecular complexity index is 742. The zero-order valence-electron chi connectivity index (χ0n) is 17.3. The van der Waals surface area contributed by atoms with Crippen molar-refractivity contribution in [3.05, 3.63) is 53.3 Å². The number of aromatic nitrogens is 1. The smallest absolute Gasteiger partial charge is 0.274 e. The van der Waals surface area contributed by atoms with Gasteiger partial charge >= 0.3 is 0 Å². The van der Waals surface area contributed by atoms with E-state index in [0.29, 0.717) is 17.5 Å². The van der Waals surface area contributed by atoms with Gasteiger partial charge in [-0.25, -0.2) is 0 Å². The van der Waals surface area contributed by atoms with Crippen molar-refractivity contribution in [1.29, 1.82) is 0 Å². The summed E-state index contributed by atoms with van der Waals surface area (Å²) >= 11 is 0. The van der Waals surface area contributed by atoms with Gasteiger partial charge in [0.1, 0.15) is 5.69 Å². The highest BCUT2D eigenvalue weighted by Gasteiger charge is 2.17. The standard InChI is InChI=1S/C22H32N4O/c1-15(2)18-8-7-9-19(16(3)4)21(18)25-22(27)20-14-17(10-11-24-20)23-12-13-26(5)6/h7-11,14-16H,12-13H2,1-6H3,(H,23,24)(H,25,27). The van der Waals surface area contributed by atoms with Crippen LogP contribution in [0.2, 0.25) is 0 Å². The number of nitrogens with zero attached hydrogens (tertiary/aromatic N) is 2. The summed E-state index contributed by atoms with van der Waals surface area (Å²) in [6.07, 6.45) is 1.67. The van der Waals surface area contributed by atoms with Gasteiger partial charge in [0.25, 0.3) is 5.91 Å². The number of para-hydroxylation sites is 1. The molecule has 0 bridgehead atoms. The first kappa shape index (κ1) is 20.9. The molecule has 2 N–H and O–H groups in total. The number of hydrogen-bond donors (Lipinski definition) is 2. The third-order valence-corrected chi connectivity index (χ3v) is 4.49. The van der Waals surface area contributed by atoms with Crippen molar-refractivity contribution in [3.8, 4) is 0 Å². The lowest BCUT2D eigenvalue weighted by Crippen LogP contribution is -2.21. The van der Waals surface area contributed by atoms with Crippen LogP contribution in [-0.2, 0) is 0 Å². The number of hydrogen-bond acceptors (Lipinski definition) is 4. The molecule has 0 aliphatic heterocycles. The summed E-state index contributed by atoms with van der Waals surface area (Å²) in [5.74, 6) is 0.471. The molecule has 0 unspecified atom stereocenters. The molecule has 1 aromatic heterocycles. The lowest BCUT2D eigenvalue weighted by atomic mass is 9.92. The van der Waals surface area contributed by atoms with Crippen LogP contribution in [0.3, 0.4) is 0 Å². The van der Waals surface area contributed by atoms with Gasteiger partial charge in [0.05, 0.1) is 0 Å². The minimum atomic E-state index is -0.179. The molecule has 1 amide bonds. The molecule has 0 spiro atoms. The molecule has 5 heteroatoms. The molecule has 146 valence electrons. The molecule has 0 saturated heterocycles. The van der Waals surface area contributed by atoms with Crippen LogP contribution in [0.15, 0.2) is 36.5 Å². The van der Waals surface area contributed by atoms with E-state index < -0.39 is 0 Å². The molecule has 5 nitrogen and oxygen atoms in total. The first-order valence-corrected chi connectivity index (χ1v) is 9.58. The summed E-state index contributed by atoms with van der Waals surface area (Å²) in [5, 5.41) is 6.45. The first-order chi connectivity index (χ1) is 12.8. The molecule has 0 aliphatic carbocycles. The summed E-state index contributed by atoms with van der Waals surface area (Å²) in [6, 6.07) is 9.91. The van der Waals surface area contributed by atoms with E-state index in [1.165, 1.54) is 0 Å². The molecule has 2 rings (SSSR count). The van der Waals surface area contributed by atoms with Crippen molar-refractivity contribution in [1.82, 2.24) is 9.88 Å². The van der Waals surface area contributed by atoms with E-state index in [4.69, 9.17) is 0 Å². The van der Waals surface area contributed by atoms with E-state index in [2.05, 4.69) is 66.4 Å². The lowest BCUT2D eigenvalue weighted by molar-refractivity contribution is 0.102. The molecule has 27 heavy (non-hydrogen) atoms. The van der Waals surface area contributed by atoms with Crippen LogP contribution in [-0.4, -0.2) is 43.0 Å². The quantitative estimate of drug-likeness (QED) is 0.717. The maximum absolute atomic E-state index is 12.9. The van der Waals surface area contributed by atoms with Crippen LogP contribution in [0.25, 0.3) is 0 Å². The van der Waals surface area contributed by atoms with E-state index in [1.54, 1.807) is 12.3 Å². The van der Waals surface area contributed by atoms with Gasteiger partial charge in [-0.15, -0.1) is 0 Å². The number of amides is 1. The topological polar surface area (TPSA) is 57.3 Å². The number of benzene rings is 1. The maximum atomic E-state index is 12.9. The zero-order valence-corrected chi connectivity index (χ0v) is 17.3. The SMILES string of the molecule is CC(C)c1cccc(C(C)C)c1NC(=O)c1cc(NCCN(C)C)ccn1. The second kappa shape index (κ2) is 9.51. The Kier molecular flexibility index (Phi) is 7.36. The summed E-state index contributed by atoms with van der Waals surface area (Å²) in [7, 11) is 4.07. The molecule has 0 atom stereocenters. The molecule has 0 radical (unpaired) electrons. The number of rotatable bonds is 8. The summed E-state index contributed by atoms with van der Waals surface area (Å²) in [5.41, 5.74) is 4.53. The molecular formula is C22H32N4O. The molecule has 0 saturated carbocycles. The van der Waals surface area contributed by atoms with Gasteiger partial charge in [-0.1, -0.05) is 45.9 Å². The third kappa shape index (κ3) is 5.79. The molecule has 1 aromatic carbocycles. The summed E-state index contributed by atoms with van der Waals surface area (Å²) < 4.78 is 0. The second-order valence-corrected chi connectivity index (χ2v) is 7.73. The molecule has 1 heterocycles. The maximum Gasteiger partial charge on any atom is 0.274 e. The van der Waals surface area contributed by atoms with Crippen molar-refractivity contribution in [2.45, 2.75) is 39.5 Å². The van der Waals surface area contributed by atoms with Crippen LogP contribution in [0.5, 0.6) is 0 Å². The fraction of sp³-hybridized carbons (Fsp3) is 0.455. The number of likely N-dealkylation sites (N-methyl/N-ethyl adjacent to an activating group) is 1. The molecule has 2 aromatic rings. The Hall–Kier alpha value is -2.40. The van der Waals surface area contributed by atoms with E-state index in [1.807, 2.05) is 20.2 Å². The predicted molar refractivity (Wildman–Crippen MR) is 114 cm³/mol. The Morgan fingerprint density at radius 3 is 2.26 bits per heavy atom. The largest absolute Gasteiger partial charge is 0.384 e. The highest BCUT2D eigenvalue weighted by Crippen LogP contribution is 2.32. The molecule has 0 aliphatic rings. The van der Waals surface area contributed by atoms with Gasteiger partial charge in [-0.2, -0.15) is 0 Å². The first-order valence-electron chi connectivity index (χ1n) is 9.58. The van der Waals surface area contributed by atoms with Gasteiger partial charge in [0.15, 0.2) is 0 Å². The average Bonchev–Trinajstić information content (AvgIpc) is 2.61. The van der Waals surface area contributed by atoms with Gasteiger partial charge in [-0.05, 0) is 49.2 Å². The second-order valence-electron chi connectivity index (χ2n) is 7.73. The third-order valence-electron chi connectivity index (χ3n) is 4.49. The normalized spacial score (nSPS) is 11.3. The summed E-state index contributed by atoms with van der Waals surface area (Å²) in [6.45, 7) is 10.3. The van der Waals surface area contributed by atoms with Gasteiger partial charge in [0.2, 0.25) is 0 Å². The molecule has 0 fully saturated rings. The lowest BCUT2D eigenvalue weighted by Gasteiger charge is -2.20. The number of anilines is 2. The van der Waals surface area contributed by atoms with Crippen molar-refractivity contribution in [3.63, 3.8) is 0 Å². The highest BCUT2D eigenvalue weighted by molar-refractivity contribution is 6.04. The number of pyridine rings is 1. The summed E-state index contributed by atoms with van der Waals surface area (Å²) in [4.78, 5) is 19.3. The fourth-order valence-corrected chi connectivity index (χ4v) is 2.96. The van der Waals surface area contributed by atoms with Crippen molar-refractivity contribution < 1.29 is 4.79 Å². The number of carbonyl (C=O) groups is 1. The number of carbonyl (C=O) groups excluding carboxylic acids is 1. The zero-order chi connectivity index (χ0) is 20.0. The minimum absolute atomic E-state index is 0.179. The van der Waals surface area contributed by atoms with Crippen molar-refractivity contribution in [2.24, 2.45) is 0 Å². The van der Waals surface area contributed by atoms with Crippen molar-refractivity contribution >= 4 is 17.3 Å². The van der Waals surface area contributed by atoms with E-state index >= 15 is 0 Å². The van der Waals surface area contributed by atoms with Crippen molar-refractivity contribution in [2.75, 3.05) is 37.8 Å². The average molecular weight is 369 g/mol. The fourth-order valence-electron chi connectivity index (χ4n) is 2.96. The van der Waals surface area contributed by atoms with Gasteiger partial charge < -0.3 is 15.5 Å². The molecular weight excluding hydrogens is 336 g/mol. The van der Waals surface area contributed by atoms with Crippen LogP contribution in [0, 0.1) is 0 Å². The predicted octanol–water partition coefficient (Wildman–Crippen LogP) is 4.55. The van der Waals surface area contributed by atoms with Crippen LogP contribution >= 0.6 is 0 Å². The van der Waals surface area contributed by atoms with E-state index in [0.717, 1.165) is 35.6 Å². The Balaban J connectivity index is 2.22.